The van der Waals surface area contributed by atoms with Gasteiger partial charge < -0.3 is 5.73 Å². The fraction of sp³-hybridized carbons (Fsp3) is 0.400. The maximum Gasteiger partial charge on any atom is 0.0673 e. The lowest BCUT2D eigenvalue weighted by Crippen LogP contribution is -2.11. The maximum atomic E-state index is 6.17. The van der Waals surface area contributed by atoms with Gasteiger partial charge in [-0.15, -0.1) is 0 Å². The number of benzene rings is 1. The van der Waals surface area contributed by atoms with E-state index in [1.54, 1.807) is 0 Å². The quantitative estimate of drug-likeness (QED) is 0.932. The summed E-state index contributed by atoms with van der Waals surface area (Å²) in [6.07, 6.45) is 0.933. The molecule has 1 aromatic heterocycles. The molecule has 1 aromatic carbocycles. The molecule has 1 atom stereocenters. The molecule has 1 unspecified atom stereocenters. The third-order valence-electron chi connectivity index (χ3n) is 3.53. The predicted octanol–water partition coefficient (Wildman–Crippen LogP) is 3.72. The molecule has 2 N–H and O–H groups in total. The van der Waals surface area contributed by atoms with Gasteiger partial charge >= 0.3 is 0 Å². The normalized spacial score (nSPS) is 12.7. The summed E-state index contributed by atoms with van der Waals surface area (Å²) in [5.74, 6) is 0. The van der Waals surface area contributed by atoms with Gasteiger partial charge in [0.25, 0.3) is 0 Å². The lowest BCUT2D eigenvalue weighted by molar-refractivity contribution is 0.648. The summed E-state index contributed by atoms with van der Waals surface area (Å²) in [4.78, 5) is 0. The molecule has 0 spiro atoms. The highest BCUT2D eigenvalue weighted by Crippen LogP contribution is 2.24. The van der Waals surface area contributed by atoms with Gasteiger partial charge in [-0.05, 0) is 31.9 Å². The molecule has 1 heterocycles. The molecule has 2 aromatic rings. The second-order valence-electron chi connectivity index (χ2n) is 4.85. The first-order valence-electron chi connectivity index (χ1n) is 6.57. The third-order valence-corrected chi connectivity index (χ3v) is 4.30. The second kappa shape index (κ2) is 5.88. The highest BCUT2D eigenvalue weighted by molar-refractivity contribution is 9.10. The van der Waals surface area contributed by atoms with E-state index in [4.69, 9.17) is 5.73 Å². The van der Waals surface area contributed by atoms with Crippen molar-refractivity contribution in [3.63, 3.8) is 0 Å². The van der Waals surface area contributed by atoms with E-state index in [9.17, 15) is 0 Å². The largest absolute Gasteiger partial charge is 0.324 e. The molecule has 0 amide bonds. The Labute approximate surface area is 122 Å². The maximum absolute atomic E-state index is 6.17. The van der Waals surface area contributed by atoms with Crippen molar-refractivity contribution >= 4 is 15.9 Å². The Morgan fingerprint density at radius 2 is 2.00 bits per heavy atom. The Bertz CT molecular complexity index is 575. The number of nitrogens with two attached hydrogens (primary N) is 1. The van der Waals surface area contributed by atoms with Crippen LogP contribution in [0.5, 0.6) is 0 Å². The number of halogens is 1. The molecule has 102 valence electrons. The van der Waals surface area contributed by atoms with Crippen molar-refractivity contribution in [1.82, 2.24) is 9.78 Å². The second-order valence-corrected chi connectivity index (χ2v) is 5.70. The van der Waals surface area contributed by atoms with Crippen molar-refractivity contribution in [1.29, 1.82) is 0 Å². The van der Waals surface area contributed by atoms with Gasteiger partial charge in [-0.1, -0.05) is 41.1 Å². The Kier molecular flexibility index (Phi) is 4.42. The molecule has 4 heteroatoms. The van der Waals surface area contributed by atoms with Crippen LogP contribution >= 0.6 is 15.9 Å². The summed E-state index contributed by atoms with van der Waals surface area (Å²) in [6.45, 7) is 7.01. The molecule has 0 radical (unpaired) electrons. The first kappa shape index (κ1) is 14.3. The van der Waals surface area contributed by atoms with Crippen molar-refractivity contribution in [3.05, 3.63) is 51.3 Å². The van der Waals surface area contributed by atoms with E-state index in [1.165, 1.54) is 16.8 Å². The monoisotopic (exact) mass is 321 g/mol. The lowest BCUT2D eigenvalue weighted by Gasteiger charge is -2.11. The van der Waals surface area contributed by atoms with Crippen LogP contribution in [0.25, 0.3) is 0 Å². The highest BCUT2D eigenvalue weighted by atomic mass is 79.9. The Balaban J connectivity index is 2.35. The molecule has 0 fully saturated rings. The Morgan fingerprint density at radius 3 is 2.63 bits per heavy atom. The molecular formula is C15H20BrN3. The van der Waals surface area contributed by atoms with Crippen LogP contribution in [0.2, 0.25) is 0 Å². The zero-order chi connectivity index (χ0) is 14.0. The first-order chi connectivity index (χ1) is 9.04. The smallest absolute Gasteiger partial charge is 0.0673 e. The molecule has 0 bridgehead atoms. The summed E-state index contributed by atoms with van der Waals surface area (Å²) in [5.41, 5.74) is 10.8. The number of nitrogens with zero attached hydrogens (tertiary/aromatic N) is 2. The van der Waals surface area contributed by atoms with E-state index >= 15 is 0 Å². The molecule has 0 aliphatic heterocycles. The summed E-state index contributed by atoms with van der Waals surface area (Å²) < 4.78 is 3.16. The molecule has 2 rings (SSSR count). The van der Waals surface area contributed by atoms with Crippen LogP contribution < -0.4 is 5.73 Å². The number of aryl methyl sites for hydroxylation is 1. The van der Waals surface area contributed by atoms with E-state index < -0.39 is 0 Å². The number of rotatable bonds is 4. The van der Waals surface area contributed by atoms with Crippen LogP contribution in [0.3, 0.4) is 0 Å². The van der Waals surface area contributed by atoms with E-state index in [0.29, 0.717) is 0 Å². The minimum Gasteiger partial charge on any atom is -0.324 e. The molecule has 0 aliphatic carbocycles. The average molecular weight is 322 g/mol. The fourth-order valence-corrected chi connectivity index (χ4v) is 2.80. The topological polar surface area (TPSA) is 43.8 Å². The van der Waals surface area contributed by atoms with Crippen molar-refractivity contribution < 1.29 is 0 Å². The lowest BCUT2D eigenvalue weighted by atomic mass is 10.0. The van der Waals surface area contributed by atoms with Crippen LogP contribution in [-0.2, 0) is 6.54 Å². The molecule has 0 saturated carbocycles. The van der Waals surface area contributed by atoms with E-state index in [2.05, 4.69) is 47.0 Å². The van der Waals surface area contributed by atoms with Crippen molar-refractivity contribution in [2.24, 2.45) is 5.73 Å². The van der Waals surface area contributed by atoms with Crippen LogP contribution in [0.15, 0.2) is 28.7 Å². The summed E-state index contributed by atoms with van der Waals surface area (Å²) >= 11 is 3.58. The summed E-state index contributed by atoms with van der Waals surface area (Å²) in [5, 5.41) is 4.63. The highest BCUT2D eigenvalue weighted by Gasteiger charge is 2.16. The van der Waals surface area contributed by atoms with Gasteiger partial charge in [0.2, 0.25) is 0 Å². The van der Waals surface area contributed by atoms with Crippen LogP contribution in [0.4, 0.5) is 0 Å². The molecule has 3 nitrogen and oxygen atoms in total. The van der Waals surface area contributed by atoms with Gasteiger partial charge in [-0.25, -0.2) is 0 Å². The van der Waals surface area contributed by atoms with Gasteiger partial charge in [-0.3, -0.25) is 4.68 Å². The molecule has 0 aliphatic rings. The van der Waals surface area contributed by atoms with Crippen LogP contribution in [0.1, 0.15) is 41.9 Å². The number of hydrogen-bond acceptors (Lipinski definition) is 2. The average Bonchev–Trinajstić information content (AvgIpc) is 2.66. The van der Waals surface area contributed by atoms with Gasteiger partial charge in [0.1, 0.15) is 0 Å². The van der Waals surface area contributed by atoms with Gasteiger partial charge in [0.05, 0.1) is 12.2 Å². The van der Waals surface area contributed by atoms with Gasteiger partial charge in [0, 0.05) is 21.8 Å². The number of aromatic nitrogens is 2. The van der Waals surface area contributed by atoms with Gasteiger partial charge in [0.15, 0.2) is 0 Å². The minimum absolute atomic E-state index is 0.0768. The predicted molar refractivity (Wildman–Crippen MR) is 82.2 cm³/mol. The zero-order valence-corrected chi connectivity index (χ0v) is 13.2. The van der Waals surface area contributed by atoms with Crippen LogP contribution in [0, 0.1) is 13.8 Å². The fourth-order valence-electron chi connectivity index (χ4n) is 2.39. The third kappa shape index (κ3) is 2.90. The minimum atomic E-state index is 0.0768. The standard InChI is InChI=1S/C15H20BrN3/c1-4-14(17)15-10(2)18-19(11(15)3)9-12-7-5-6-8-13(12)16/h5-8,14H,4,9,17H2,1-3H3. The van der Waals surface area contributed by atoms with Crippen LogP contribution in [-0.4, -0.2) is 9.78 Å². The summed E-state index contributed by atoms with van der Waals surface area (Å²) in [7, 11) is 0. The first-order valence-corrected chi connectivity index (χ1v) is 7.36. The SMILES string of the molecule is CCC(N)c1c(C)nn(Cc2ccccc2Br)c1C. The van der Waals surface area contributed by atoms with Crippen molar-refractivity contribution in [2.75, 3.05) is 0 Å². The van der Waals surface area contributed by atoms with E-state index in [1.807, 2.05) is 23.7 Å². The molecule has 0 saturated heterocycles. The Morgan fingerprint density at radius 1 is 1.32 bits per heavy atom. The van der Waals surface area contributed by atoms with E-state index in [0.717, 1.165) is 23.1 Å². The summed E-state index contributed by atoms with van der Waals surface area (Å²) in [6, 6.07) is 8.31. The van der Waals surface area contributed by atoms with E-state index in [-0.39, 0.29) is 6.04 Å². The zero-order valence-electron chi connectivity index (χ0n) is 11.7. The number of hydrogen-bond donors (Lipinski definition) is 1. The molecule has 19 heavy (non-hydrogen) atoms. The Hall–Kier alpha value is -1.13. The van der Waals surface area contributed by atoms with Crippen molar-refractivity contribution in [3.8, 4) is 0 Å². The molecular weight excluding hydrogens is 302 g/mol. The van der Waals surface area contributed by atoms with Gasteiger partial charge in [-0.2, -0.15) is 5.10 Å². The van der Waals surface area contributed by atoms with Crippen molar-refractivity contribution in [2.45, 2.75) is 39.8 Å².